The van der Waals surface area contributed by atoms with Gasteiger partial charge in [-0.05, 0) is 32.4 Å². The van der Waals surface area contributed by atoms with Gasteiger partial charge in [0.25, 0.3) is 0 Å². The SMILES string of the molecule is NCCCCCC(=O)CCCN. The minimum Gasteiger partial charge on any atom is -0.330 e. The number of hydrogen-bond acceptors (Lipinski definition) is 3. The van der Waals surface area contributed by atoms with Crippen LogP contribution in [0.25, 0.3) is 0 Å². The van der Waals surface area contributed by atoms with Gasteiger partial charge in [-0.2, -0.15) is 0 Å². The minimum absolute atomic E-state index is 0.345. The topological polar surface area (TPSA) is 69.1 Å². The van der Waals surface area contributed by atoms with Gasteiger partial charge in [0.1, 0.15) is 5.78 Å². The molecule has 4 N–H and O–H groups in total. The van der Waals surface area contributed by atoms with Crippen molar-refractivity contribution in [3.05, 3.63) is 0 Å². The van der Waals surface area contributed by atoms with Crippen molar-refractivity contribution in [1.29, 1.82) is 0 Å². The van der Waals surface area contributed by atoms with Gasteiger partial charge in [0.05, 0.1) is 0 Å². The van der Waals surface area contributed by atoms with Crippen LogP contribution >= 0.6 is 0 Å². The second-order valence-electron chi connectivity index (χ2n) is 3.03. The van der Waals surface area contributed by atoms with E-state index in [-0.39, 0.29) is 0 Å². The number of unbranched alkanes of at least 4 members (excludes halogenated alkanes) is 2. The van der Waals surface area contributed by atoms with Crippen LogP contribution < -0.4 is 11.5 Å². The molecule has 0 amide bonds. The van der Waals surface area contributed by atoms with Crippen LogP contribution in [-0.4, -0.2) is 18.9 Å². The van der Waals surface area contributed by atoms with Crippen molar-refractivity contribution < 1.29 is 4.79 Å². The van der Waals surface area contributed by atoms with Gasteiger partial charge >= 0.3 is 0 Å². The Hall–Kier alpha value is -0.410. The van der Waals surface area contributed by atoms with E-state index in [1.807, 2.05) is 0 Å². The van der Waals surface area contributed by atoms with Gasteiger partial charge in [-0.3, -0.25) is 4.79 Å². The smallest absolute Gasteiger partial charge is 0.132 e. The molecule has 0 radical (unpaired) electrons. The zero-order chi connectivity index (χ0) is 9.23. The maximum atomic E-state index is 11.1. The van der Waals surface area contributed by atoms with E-state index in [2.05, 4.69) is 0 Å². The lowest BCUT2D eigenvalue weighted by Crippen LogP contribution is -2.04. The Balaban J connectivity index is 3.08. The molecule has 0 bridgehead atoms. The van der Waals surface area contributed by atoms with Crippen molar-refractivity contribution in [3.8, 4) is 0 Å². The van der Waals surface area contributed by atoms with Crippen molar-refractivity contribution in [1.82, 2.24) is 0 Å². The van der Waals surface area contributed by atoms with Crippen LogP contribution in [0, 0.1) is 0 Å². The van der Waals surface area contributed by atoms with E-state index < -0.39 is 0 Å². The summed E-state index contributed by atoms with van der Waals surface area (Å²) in [7, 11) is 0. The molecule has 0 aliphatic carbocycles. The summed E-state index contributed by atoms with van der Waals surface area (Å²) < 4.78 is 0. The van der Waals surface area contributed by atoms with E-state index >= 15 is 0 Å². The number of nitrogens with two attached hydrogens (primary N) is 2. The molecule has 3 heteroatoms. The third-order valence-electron chi connectivity index (χ3n) is 1.82. The van der Waals surface area contributed by atoms with Crippen LogP contribution in [0.3, 0.4) is 0 Å². The van der Waals surface area contributed by atoms with E-state index in [0.29, 0.717) is 25.2 Å². The summed E-state index contributed by atoms with van der Waals surface area (Å²) in [5.74, 6) is 0.345. The molecule has 0 saturated heterocycles. The van der Waals surface area contributed by atoms with Crippen LogP contribution in [-0.2, 0) is 4.79 Å². The quantitative estimate of drug-likeness (QED) is 0.532. The Morgan fingerprint density at radius 1 is 0.833 bits per heavy atom. The number of rotatable bonds is 8. The van der Waals surface area contributed by atoms with Gasteiger partial charge in [-0.1, -0.05) is 6.42 Å². The molecule has 0 aliphatic heterocycles. The number of ketones is 1. The lowest BCUT2D eigenvalue weighted by atomic mass is 10.1. The maximum Gasteiger partial charge on any atom is 0.132 e. The zero-order valence-corrected chi connectivity index (χ0v) is 7.72. The summed E-state index contributed by atoms with van der Waals surface area (Å²) in [5, 5.41) is 0. The molecule has 12 heavy (non-hydrogen) atoms. The molecule has 0 rings (SSSR count). The first-order chi connectivity index (χ1) is 5.81. The van der Waals surface area contributed by atoms with Crippen molar-refractivity contribution in [2.75, 3.05) is 13.1 Å². The van der Waals surface area contributed by atoms with Crippen LogP contribution in [0.1, 0.15) is 38.5 Å². The van der Waals surface area contributed by atoms with Gasteiger partial charge in [0, 0.05) is 12.8 Å². The highest BCUT2D eigenvalue weighted by atomic mass is 16.1. The molecule has 0 spiro atoms. The van der Waals surface area contributed by atoms with Crippen LogP contribution in [0.5, 0.6) is 0 Å². The van der Waals surface area contributed by atoms with Crippen LogP contribution in [0.2, 0.25) is 0 Å². The Morgan fingerprint density at radius 3 is 2.00 bits per heavy atom. The van der Waals surface area contributed by atoms with Crippen molar-refractivity contribution in [3.63, 3.8) is 0 Å². The number of hydrogen-bond donors (Lipinski definition) is 2. The van der Waals surface area contributed by atoms with E-state index in [0.717, 1.165) is 32.2 Å². The fourth-order valence-corrected chi connectivity index (χ4v) is 1.07. The molecule has 0 heterocycles. The Morgan fingerprint density at radius 2 is 1.42 bits per heavy atom. The highest BCUT2D eigenvalue weighted by molar-refractivity contribution is 5.78. The number of Topliss-reactive ketones (excluding diaryl/α,β-unsaturated/α-hetero) is 1. The molecule has 0 aliphatic rings. The second kappa shape index (κ2) is 8.68. The highest BCUT2D eigenvalue weighted by Crippen LogP contribution is 2.02. The molecular weight excluding hydrogens is 152 g/mol. The first-order valence-electron chi connectivity index (χ1n) is 4.73. The van der Waals surface area contributed by atoms with Gasteiger partial charge < -0.3 is 11.5 Å². The standard InChI is InChI=1S/C9H20N2O/c10-7-3-1-2-5-9(12)6-4-8-11/h1-8,10-11H2. The normalized spacial score (nSPS) is 10.2. The zero-order valence-electron chi connectivity index (χ0n) is 7.72. The molecule has 0 atom stereocenters. The molecule has 72 valence electrons. The van der Waals surface area contributed by atoms with E-state index in [1.54, 1.807) is 0 Å². The molecule has 0 unspecified atom stereocenters. The third-order valence-corrected chi connectivity index (χ3v) is 1.82. The Bertz CT molecular complexity index is 115. The van der Waals surface area contributed by atoms with Crippen molar-refractivity contribution in [2.45, 2.75) is 38.5 Å². The van der Waals surface area contributed by atoms with E-state index in [4.69, 9.17) is 11.5 Å². The van der Waals surface area contributed by atoms with Gasteiger partial charge in [-0.15, -0.1) is 0 Å². The maximum absolute atomic E-state index is 11.1. The average Bonchev–Trinajstić information content (AvgIpc) is 2.09. The summed E-state index contributed by atoms with van der Waals surface area (Å²) in [5.41, 5.74) is 10.6. The number of carbonyl (C=O) groups is 1. The second-order valence-corrected chi connectivity index (χ2v) is 3.03. The predicted octanol–water partition coefficient (Wildman–Crippen LogP) is 0.814. The fraction of sp³-hybridized carbons (Fsp3) is 0.889. The van der Waals surface area contributed by atoms with Crippen LogP contribution in [0.15, 0.2) is 0 Å². The van der Waals surface area contributed by atoms with Gasteiger partial charge in [0.2, 0.25) is 0 Å². The largest absolute Gasteiger partial charge is 0.330 e. The van der Waals surface area contributed by atoms with Crippen molar-refractivity contribution in [2.24, 2.45) is 11.5 Å². The summed E-state index contributed by atoms with van der Waals surface area (Å²) >= 11 is 0. The molecular formula is C9H20N2O. The van der Waals surface area contributed by atoms with E-state index in [1.165, 1.54) is 0 Å². The molecule has 0 saturated carbocycles. The minimum atomic E-state index is 0.345. The van der Waals surface area contributed by atoms with E-state index in [9.17, 15) is 4.79 Å². The molecule has 3 nitrogen and oxygen atoms in total. The first kappa shape index (κ1) is 11.6. The van der Waals surface area contributed by atoms with Crippen LogP contribution in [0.4, 0.5) is 0 Å². The average molecular weight is 172 g/mol. The van der Waals surface area contributed by atoms with Gasteiger partial charge in [-0.25, -0.2) is 0 Å². The molecule has 0 aromatic rings. The summed E-state index contributed by atoms with van der Waals surface area (Å²) in [6.45, 7) is 1.35. The number of carbonyl (C=O) groups excluding carboxylic acids is 1. The summed E-state index contributed by atoms with van der Waals surface area (Å²) in [6, 6.07) is 0. The summed E-state index contributed by atoms with van der Waals surface area (Å²) in [6.07, 6.45) is 5.28. The van der Waals surface area contributed by atoms with Gasteiger partial charge in [0.15, 0.2) is 0 Å². The lowest BCUT2D eigenvalue weighted by molar-refractivity contribution is -0.119. The molecule has 0 aromatic carbocycles. The fourth-order valence-electron chi connectivity index (χ4n) is 1.07. The molecule has 0 aromatic heterocycles. The van der Waals surface area contributed by atoms with Crippen molar-refractivity contribution >= 4 is 5.78 Å². The lowest BCUT2D eigenvalue weighted by Gasteiger charge is -1.98. The highest BCUT2D eigenvalue weighted by Gasteiger charge is 1.99. The first-order valence-corrected chi connectivity index (χ1v) is 4.73. The Labute approximate surface area is 74.5 Å². The monoisotopic (exact) mass is 172 g/mol. The predicted molar refractivity (Wildman–Crippen MR) is 50.8 cm³/mol. The third kappa shape index (κ3) is 7.69. The Kier molecular flexibility index (Phi) is 8.39. The molecule has 0 fully saturated rings. The summed E-state index contributed by atoms with van der Waals surface area (Å²) in [4.78, 5) is 11.1.